The fraction of sp³-hybridized carbons (Fsp3) is 0.579. The van der Waals surface area contributed by atoms with E-state index >= 15 is 0 Å². The topological polar surface area (TPSA) is 111 Å². The summed E-state index contributed by atoms with van der Waals surface area (Å²) in [6, 6.07) is 18.1. The molecule has 2 rings (SSSR count). The van der Waals surface area contributed by atoms with Crippen molar-refractivity contribution in [3.63, 3.8) is 0 Å². The minimum absolute atomic E-state index is 0.0790. The zero-order chi connectivity index (χ0) is 33.8. The van der Waals surface area contributed by atoms with Gasteiger partial charge in [0.15, 0.2) is 0 Å². The Kier molecular flexibility index (Phi) is 17.9. The molecule has 0 aliphatic carbocycles. The molecule has 0 fully saturated rings. The van der Waals surface area contributed by atoms with Crippen LogP contribution >= 0.6 is 0 Å². The lowest BCUT2D eigenvalue weighted by Crippen LogP contribution is -2.44. The Morgan fingerprint density at radius 1 is 0.630 bits per heavy atom. The highest BCUT2D eigenvalue weighted by Crippen LogP contribution is 2.19. The van der Waals surface area contributed by atoms with E-state index in [0.717, 1.165) is 49.7 Å². The number of hydrogen-bond donors (Lipinski definition) is 2. The van der Waals surface area contributed by atoms with Crippen LogP contribution in [0, 0.1) is 5.41 Å². The molecule has 46 heavy (non-hydrogen) atoms. The molecular formula is C38H56N2O6. The van der Waals surface area contributed by atoms with E-state index in [1.54, 1.807) is 0 Å². The van der Waals surface area contributed by atoms with Gasteiger partial charge in [0, 0.05) is 37.1 Å². The molecule has 2 N–H and O–H groups in total. The van der Waals surface area contributed by atoms with Crippen molar-refractivity contribution in [2.24, 2.45) is 5.41 Å². The molecule has 8 heteroatoms. The number of rotatable bonds is 22. The lowest BCUT2D eigenvalue weighted by Gasteiger charge is -2.20. The van der Waals surface area contributed by atoms with E-state index in [1.165, 1.54) is 0 Å². The Morgan fingerprint density at radius 3 is 1.59 bits per heavy atom. The number of benzene rings is 2. The van der Waals surface area contributed by atoms with Crippen molar-refractivity contribution in [3.05, 3.63) is 71.8 Å². The highest BCUT2D eigenvalue weighted by Gasteiger charge is 2.24. The van der Waals surface area contributed by atoms with Gasteiger partial charge in [-0.05, 0) is 30.4 Å². The molecule has 0 spiro atoms. The first-order chi connectivity index (χ1) is 22.0. The van der Waals surface area contributed by atoms with Gasteiger partial charge in [-0.25, -0.2) is 4.79 Å². The van der Waals surface area contributed by atoms with E-state index in [4.69, 9.17) is 9.47 Å². The summed E-state index contributed by atoms with van der Waals surface area (Å²) in [5, 5.41) is 6.14. The molecule has 0 aliphatic rings. The van der Waals surface area contributed by atoms with E-state index in [9.17, 15) is 19.2 Å². The number of ketones is 1. The van der Waals surface area contributed by atoms with Gasteiger partial charge in [-0.15, -0.1) is 0 Å². The van der Waals surface area contributed by atoms with Crippen LogP contribution in [0.5, 0.6) is 0 Å². The zero-order valence-electron chi connectivity index (χ0n) is 28.6. The van der Waals surface area contributed by atoms with Gasteiger partial charge >= 0.3 is 11.9 Å². The fourth-order valence-corrected chi connectivity index (χ4v) is 5.03. The van der Waals surface area contributed by atoms with E-state index in [0.29, 0.717) is 37.9 Å². The highest BCUT2D eigenvalue weighted by molar-refractivity contribution is 5.85. The fourth-order valence-electron chi connectivity index (χ4n) is 5.03. The highest BCUT2D eigenvalue weighted by atomic mass is 16.5. The van der Waals surface area contributed by atoms with Crippen molar-refractivity contribution >= 4 is 23.6 Å². The van der Waals surface area contributed by atoms with Crippen molar-refractivity contribution in [2.75, 3.05) is 13.2 Å². The average molecular weight is 637 g/mol. The van der Waals surface area contributed by atoms with Crippen LogP contribution in [-0.4, -0.2) is 55.0 Å². The average Bonchev–Trinajstić information content (AvgIpc) is 3.01. The molecule has 0 bridgehead atoms. The van der Waals surface area contributed by atoms with Crippen LogP contribution in [-0.2, 0) is 41.5 Å². The summed E-state index contributed by atoms with van der Waals surface area (Å²) in [6.07, 6.45) is 7.81. The molecule has 2 aromatic carbocycles. The number of amides is 1. The first-order valence-electron chi connectivity index (χ1n) is 17.0. The molecule has 0 aromatic heterocycles. The van der Waals surface area contributed by atoms with Gasteiger partial charge in [-0.3, -0.25) is 14.4 Å². The second-order valence-corrected chi connectivity index (χ2v) is 13.4. The summed E-state index contributed by atoms with van der Waals surface area (Å²) in [6.45, 7) is 10.0. The zero-order valence-corrected chi connectivity index (χ0v) is 28.6. The van der Waals surface area contributed by atoms with Gasteiger partial charge < -0.3 is 20.1 Å². The quantitative estimate of drug-likeness (QED) is 0.112. The molecule has 1 amide bonds. The van der Waals surface area contributed by atoms with Crippen molar-refractivity contribution in [1.82, 2.24) is 10.6 Å². The van der Waals surface area contributed by atoms with E-state index in [-0.39, 0.29) is 36.5 Å². The van der Waals surface area contributed by atoms with Gasteiger partial charge in [-0.1, -0.05) is 121 Å². The van der Waals surface area contributed by atoms with Crippen LogP contribution in [0.25, 0.3) is 0 Å². The van der Waals surface area contributed by atoms with Gasteiger partial charge in [0.2, 0.25) is 5.91 Å². The number of carbonyl (C=O) groups is 4. The predicted octanol–water partition coefficient (Wildman–Crippen LogP) is 6.54. The van der Waals surface area contributed by atoms with Crippen LogP contribution < -0.4 is 10.6 Å². The number of ether oxygens (including phenoxy) is 2. The summed E-state index contributed by atoms with van der Waals surface area (Å²) < 4.78 is 11.0. The molecule has 0 saturated heterocycles. The maximum Gasteiger partial charge on any atom is 0.328 e. The SMILES string of the molecule is CC(C)NC(Cc1ccccc1)C(=O)OCCCOC(=O)C(Cc1ccccc1)NC(=O)CCCCCCCCC(=O)C(C)(C)C. The Hall–Kier alpha value is -3.52. The molecular weight excluding hydrogens is 580 g/mol. The maximum absolute atomic E-state index is 13.0. The van der Waals surface area contributed by atoms with Crippen LogP contribution in [0.15, 0.2) is 60.7 Å². The summed E-state index contributed by atoms with van der Waals surface area (Å²) in [5.74, 6) is -0.714. The van der Waals surface area contributed by atoms with E-state index in [2.05, 4.69) is 10.6 Å². The van der Waals surface area contributed by atoms with Gasteiger partial charge in [0.05, 0.1) is 13.2 Å². The molecule has 2 aromatic rings. The number of unbranched alkanes of at least 4 members (excludes halogenated alkanes) is 5. The van der Waals surface area contributed by atoms with Crippen molar-refractivity contribution in [3.8, 4) is 0 Å². The summed E-state index contributed by atoms with van der Waals surface area (Å²) in [4.78, 5) is 50.6. The minimum Gasteiger partial charge on any atom is -0.464 e. The van der Waals surface area contributed by atoms with E-state index < -0.39 is 18.1 Å². The van der Waals surface area contributed by atoms with Crippen LogP contribution in [0.3, 0.4) is 0 Å². The standard InChI is InChI=1S/C38H56N2O6/c1-29(2)39-32(27-30-19-12-10-13-20-30)36(43)45-25-18-26-46-37(44)33(28-31-21-14-11-15-22-31)40-35(42)24-17-9-7-6-8-16-23-34(41)38(3,4)5/h10-15,19-22,29,32-33,39H,6-9,16-18,23-28H2,1-5H3,(H,40,42). The second-order valence-electron chi connectivity index (χ2n) is 13.4. The maximum atomic E-state index is 13.0. The Bertz CT molecular complexity index is 1180. The van der Waals surface area contributed by atoms with Crippen molar-refractivity contribution in [1.29, 1.82) is 0 Å². The molecule has 2 unspecified atom stereocenters. The third-order valence-corrected chi connectivity index (χ3v) is 7.68. The molecule has 2 atom stereocenters. The largest absolute Gasteiger partial charge is 0.464 e. The van der Waals surface area contributed by atoms with Gasteiger partial charge in [0.1, 0.15) is 17.9 Å². The predicted molar refractivity (Wildman–Crippen MR) is 182 cm³/mol. The summed E-state index contributed by atoms with van der Waals surface area (Å²) in [7, 11) is 0. The van der Waals surface area contributed by atoms with Crippen LogP contribution in [0.4, 0.5) is 0 Å². The number of esters is 2. The van der Waals surface area contributed by atoms with Crippen molar-refractivity contribution < 1.29 is 28.7 Å². The number of nitrogens with one attached hydrogen (secondary N) is 2. The molecule has 0 heterocycles. The van der Waals surface area contributed by atoms with Crippen LogP contribution in [0.2, 0.25) is 0 Å². The third-order valence-electron chi connectivity index (χ3n) is 7.68. The normalized spacial score (nSPS) is 12.7. The molecule has 0 saturated carbocycles. The smallest absolute Gasteiger partial charge is 0.328 e. The summed E-state index contributed by atoms with van der Waals surface area (Å²) in [5.41, 5.74) is 1.69. The Labute approximate surface area is 276 Å². The second kappa shape index (κ2) is 21.3. The van der Waals surface area contributed by atoms with Gasteiger partial charge in [0.25, 0.3) is 0 Å². The lowest BCUT2D eigenvalue weighted by molar-refractivity contribution is -0.150. The molecule has 254 valence electrons. The minimum atomic E-state index is -0.803. The van der Waals surface area contributed by atoms with E-state index in [1.807, 2.05) is 95.3 Å². The first-order valence-corrected chi connectivity index (χ1v) is 17.0. The Balaban J connectivity index is 1.74. The third kappa shape index (κ3) is 16.7. The van der Waals surface area contributed by atoms with Gasteiger partial charge in [-0.2, -0.15) is 0 Å². The Morgan fingerprint density at radius 2 is 1.09 bits per heavy atom. The number of carbonyl (C=O) groups excluding carboxylic acids is 4. The number of Topliss-reactive ketones (excluding diaryl/α,β-unsaturated/α-hetero) is 1. The van der Waals surface area contributed by atoms with Crippen molar-refractivity contribution in [2.45, 2.75) is 123 Å². The molecule has 8 nitrogen and oxygen atoms in total. The molecule has 0 aliphatic heterocycles. The first kappa shape index (κ1) is 38.7. The van der Waals surface area contributed by atoms with Crippen LogP contribution in [0.1, 0.15) is 104 Å². The summed E-state index contributed by atoms with van der Waals surface area (Å²) >= 11 is 0. The monoisotopic (exact) mass is 636 g/mol. The lowest BCUT2D eigenvalue weighted by atomic mass is 9.88. The number of hydrogen-bond acceptors (Lipinski definition) is 7. The molecule has 0 radical (unpaired) electrons.